The van der Waals surface area contributed by atoms with Gasteiger partial charge in [-0.1, -0.05) is 34.6 Å². The second kappa shape index (κ2) is 5.92. The van der Waals surface area contributed by atoms with Gasteiger partial charge in [-0.25, -0.2) is 4.98 Å². The molecule has 102 valence electrons. The van der Waals surface area contributed by atoms with Crippen LogP contribution in [0.2, 0.25) is 0 Å². The third-order valence-electron chi connectivity index (χ3n) is 2.82. The van der Waals surface area contributed by atoms with Crippen molar-refractivity contribution in [2.75, 3.05) is 18.5 Å². The fraction of sp³-hybridized carbons (Fsp3) is 0.667. The zero-order chi connectivity index (χ0) is 13.9. The lowest BCUT2D eigenvalue weighted by Crippen LogP contribution is -2.25. The van der Waals surface area contributed by atoms with Crippen LogP contribution in [0.25, 0.3) is 0 Å². The average Bonchev–Trinajstić information content (AvgIpc) is 2.26. The molecule has 0 radical (unpaired) electrons. The van der Waals surface area contributed by atoms with Gasteiger partial charge in [0.25, 0.3) is 0 Å². The largest absolute Gasteiger partial charge is 0.359 e. The number of nitrogens with zero attached hydrogens (tertiary/aromatic N) is 2. The van der Waals surface area contributed by atoms with E-state index in [9.17, 15) is 0 Å². The molecule has 0 amide bonds. The maximum Gasteiger partial charge on any atom is 0.128 e. The van der Waals surface area contributed by atoms with Crippen molar-refractivity contribution in [3.8, 4) is 0 Å². The summed E-state index contributed by atoms with van der Waals surface area (Å²) in [5.74, 6) is 2.18. The Morgan fingerprint density at radius 2 is 1.89 bits per heavy atom. The van der Waals surface area contributed by atoms with E-state index in [0.717, 1.165) is 23.6 Å². The Hall–Kier alpha value is -0.760. The Kier molecular flexibility index (Phi) is 5.03. The van der Waals surface area contributed by atoms with Crippen LogP contribution in [0.1, 0.15) is 45.9 Å². The first-order chi connectivity index (χ1) is 8.24. The van der Waals surface area contributed by atoms with Crippen molar-refractivity contribution in [3.63, 3.8) is 0 Å². The maximum absolute atomic E-state index is 5.99. The number of aromatic nitrogens is 1. The summed E-state index contributed by atoms with van der Waals surface area (Å²) in [6.45, 7) is 12.0. The first kappa shape index (κ1) is 15.3. The molecule has 18 heavy (non-hydrogen) atoms. The molecule has 0 aliphatic carbocycles. The van der Waals surface area contributed by atoms with Gasteiger partial charge in [0.15, 0.2) is 0 Å². The van der Waals surface area contributed by atoms with Crippen LogP contribution in [-0.4, -0.2) is 18.6 Å². The van der Waals surface area contributed by atoms with Gasteiger partial charge in [-0.3, -0.25) is 0 Å². The molecular formula is C15H25ClN2. The van der Waals surface area contributed by atoms with Gasteiger partial charge in [0, 0.05) is 30.6 Å². The van der Waals surface area contributed by atoms with Gasteiger partial charge in [0.2, 0.25) is 0 Å². The first-order valence-electron chi connectivity index (χ1n) is 6.52. The minimum atomic E-state index is 0.0511. The fourth-order valence-electron chi connectivity index (χ4n) is 1.87. The van der Waals surface area contributed by atoms with Gasteiger partial charge >= 0.3 is 0 Å². The summed E-state index contributed by atoms with van der Waals surface area (Å²) in [5.41, 5.74) is 2.30. The Morgan fingerprint density at radius 1 is 1.28 bits per heavy atom. The Bertz CT molecular complexity index is 394. The molecule has 0 atom stereocenters. The predicted molar refractivity (Wildman–Crippen MR) is 80.6 cm³/mol. The van der Waals surface area contributed by atoms with Crippen molar-refractivity contribution in [1.29, 1.82) is 0 Å². The highest BCUT2D eigenvalue weighted by molar-refractivity contribution is 6.17. The third kappa shape index (κ3) is 4.16. The highest BCUT2D eigenvalue weighted by Crippen LogP contribution is 2.25. The molecule has 0 aliphatic heterocycles. The summed E-state index contributed by atoms with van der Waals surface area (Å²) in [6, 6.07) is 4.20. The molecule has 1 aromatic heterocycles. The first-order valence-corrected chi connectivity index (χ1v) is 7.06. The number of hydrogen-bond donors (Lipinski definition) is 0. The van der Waals surface area contributed by atoms with Gasteiger partial charge in [0.1, 0.15) is 5.82 Å². The summed E-state index contributed by atoms with van der Waals surface area (Å²) in [7, 11) is 2.09. The molecule has 0 unspecified atom stereocenters. The van der Waals surface area contributed by atoms with Crippen LogP contribution in [0.15, 0.2) is 12.1 Å². The van der Waals surface area contributed by atoms with E-state index >= 15 is 0 Å². The molecule has 1 aromatic rings. The minimum absolute atomic E-state index is 0.0511. The molecule has 1 heterocycles. The molecule has 0 aliphatic rings. The molecule has 0 bridgehead atoms. The highest BCUT2D eigenvalue weighted by atomic mass is 35.5. The maximum atomic E-state index is 5.99. The van der Waals surface area contributed by atoms with Crippen molar-refractivity contribution in [3.05, 3.63) is 23.4 Å². The Morgan fingerprint density at radius 3 is 2.33 bits per heavy atom. The summed E-state index contributed by atoms with van der Waals surface area (Å²) >= 11 is 5.99. The van der Waals surface area contributed by atoms with E-state index in [1.807, 2.05) is 0 Å². The topological polar surface area (TPSA) is 16.1 Å². The van der Waals surface area contributed by atoms with E-state index in [0.29, 0.717) is 11.8 Å². The van der Waals surface area contributed by atoms with E-state index in [-0.39, 0.29) is 5.41 Å². The van der Waals surface area contributed by atoms with Crippen LogP contribution in [0, 0.1) is 5.92 Å². The van der Waals surface area contributed by atoms with E-state index in [1.54, 1.807) is 0 Å². The molecule has 0 saturated heterocycles. The quantitative estimate of drug-likeness (QED) is 0.761. The van der Waals surface area contributed by atoms with Crippen LogP contribution in [0.4, 0.5) is 5.82 Å². The lowest BCUT2D eigenvalue weighted by Gasteiger charge is -2.25. The lowest BCUT2D eigenvalue weighted by molar-refractivity contribution is 0.565. The molecule has 0 fully saturated rings. The molecule has 2 nitrogen and oxygen atoms in total. The average molecular weight is 269 g/mol. The SMILES string of the molecule is CC(C)CN(C)c1cc(CCl)cc(C(C)(C)C)n1. The van der Waals surface area contributed by atoms with Crippen LogP contribution < -0.4 is 4.90 Å². The number of pyridine rings is 1. The van der Waals surface area contributed by atoms with Crippen molar-refractivity contribution < 1.29 is 0 Å². The number of hydrogen-bond acceptors (Lipinski definition) is 2. The summed E-state index contributed by atoms with van der Waals surface area (Å²) in [4.78, 5) is 6.98. The second-order valence-electron chi connectivity index (χ2n) is 6.38. The predicted octanol–water partition coefficient (Wildman–Crippen LogP) is 4.21. The van der Waals surface area contributed by atoms with Crippen LogP contribution in [0.5, 0.6) is 0 Å². The number of anilines is 1. The molecule has 3 heteroatoms. The summed E-state index contributed by atoms with van der Waals surface area (Å²) in [6.07, 6.45) is 0. The number of rotatable bonds is 4. The van der Waals surface area contributed by atoms with Crippen molar-refractivity contribution in [2.24, 2.45) is 5.92 Å². The van der Waals surface area contributed by atoms with Gasteiger partial charge in [-0.15, -0.1) is 11.6 Å². The Balaban J connectivity index is 3.12. The van der Waals surface area contributed by atoms with Crippen molar-refractivity contribution in [2.45, 2.75) is 45.9 Å². The lowest BCUT2D eigenvalue weighted by atomic mass is 9.91. The summed E-state index contributed by atoms with van der Waals surface area (Å²) < 4.78 is 0. The minimum Gasteiger partial charge on any atom is -0.359 e. The number of halogens is 1. The molecule has 0 spiro atoms. The zero-order valence-corrected chi connectivity index (χ0v) is 13.2. The normalized spacial score (nSPS) is 12.0. The van der Waals surface area contributed by atoms with Crippen molar-refractivity contribution >= 4 is 17.4 Å². The van der Waals surface area contributed by atoms with Crippen LogP contribution in [-0.2, 0) is 11.3 Å². The highest BCUT2D eigenvalue weighted by Gasteiger charge is 2.18. The van der Waals surface area contributed by atoms with E-state index in [1.165, 1.54) is 0 Å². The standard InChI is InChI=1S/C15H25ClN2/c1-11(2)10-18(6)14-8-12(9-16)7-13(17-14)15(3,4)5/h7-8,11H,9-10H2,1-6H3. The molecular weight excluding hydrogens is 244 g/mol. The van der Waals surface area contributed by atoms with E-state index in [2.05, 4.69) is 58.7 Å². The molecule has 0 aromatic carbocycles. The Labute approximate surface area is 116 Å². The van der Waals surface area contributed by atoms with Gasteiger partial charge in [-0.05, 0) is 23.6 Å². The monoisotopic (exact) mass is 268 g/mol. The zero-order valence-electron chi connectivity index (χ0n) is 12.4. The van der Waals surface area contributed by atoms with Crippen LogP contribution >= 0.6 is 11.6 Å². The number of alkyl halides is 1. The third-order valence-corrected chi connectivity index (χ3v) is 3.13. The van der Waals surface area contributed by atoms with E-state index in [4.69, 9.17) is 16.6 Å². The van der Waals surface area contributed by atoms with Crippen molar-refractivity contribution in [1.82, 2.24) is 4.98 Å². The van der Waals surface area contributed by atoms with E-state index < -0.39 is 0 Å². The molecule has 0 N–H and O–H groups in total. The fourth-order valence-corrected chi connectivity index (χ4v) is 2.02. The molecule has 1 rings (SSSR count). The molecule has 0 saturated carbocycles. The van der Waals surface area contributed by atoms with Crippen LogP contribution in [0.3, 0.4) is 0 Å². The van der Waals surface area contributed by atoms with Gasteiger partial charge in [-0.2, -0.15) is 0 Å². The smallest absolute Gasteiger partial charge is 0.128 e. The summed E-state index contributed by atoms with van der Waals surface area (Å²) in [5, 5.41) is 0. The van der Waals surface area contributed by atoms with Gasteiger partial charge in [0.05, 0.1) is 0 Å². The second-order valence-corrected chi connectivity index (χ2v) is 6.64. The van der Waals surface area contributed by atoms with Gasteiger partial charge < -0.3 is 4.90 Å².